The molecular formula is C23H21N3O3S. The van der Waals surface area contributed by atoms with E-state index in [4.69, 9.17) is 0 Å². The van der Waals surface area contributed by atoms with Crippen LogP contribution < -0.4 is 10.6 Å². The van der Waals surface area contributed by atoms with Gasteiger partial charge in [-0.25, -0.2) is 0 Å². The van der Waals surface area contributed by atoms with Crippen LogP contribution >= 0.6 is 0 Å². The third-order valence-corrected chi connectivity index (χ3v) is 6.28. The number of amides is 1. The molecule has 0 unspecified atom stereocenters. The minimum absolute atomic E-state index is 0.0745. The quantitative estimate of drug-likeness (QED) is 0.663. The third kappa shape index (κ3) is 4.11. The number of fused-ring (bicyclic) bond motifs is 1. The first-order valence-electron chi connectivity index (χ1n) is 9.55. The molecule has 2 N–H and O–H groups in total. The summed E-state index contributed by atoms with van der Waals surface area (Å²) in [4.78, 5) is 12.8. The number of nitrogens with zero attached hydrogens (tertiary/aromatic N) is 1. The molecule has 7 heteroatoms. The van der Waals surface area contributed by atoms with E-state index in [1.54, 1.807) is 19.1 Å². The Bertz CT molecular complexity index is 1170. The molecule has 3 aromatic rings. The average Bonchev–Trinajstić information content (AvgIpc) is 2.75. The van der Waals surface area contributed by atoms with E-state index in [0.29, 0.717) is 12.2 Å². The first kappa shape index (κ1) is 19.8. The van der Waals surface area contributed by atoms with Crippen LogP contribution in [0.3, 0.4) is 0 Å². The maximum atomic E-state index is 12.8. The molecule has 0 spiro atoms. The van der Waals surface area contributed by atoms with Crippen molar-refractivity contribution in [3.05, 3.63) is 95.6 Å². The summed E-state index contributed by atoms with van der Waals surface area (Å²) in [6.45, 7) is 2.10. The topological polar surface area (TPSA) is 87.6 Å². The van der Waals surface area contributed by atoms with Crippen molar-refractivity contribution in [1.82, 2.24) is 5.32 Å². The van der Waals surface area contributed by atoms with Gasteiger partial charge in [-0.15, -0.1) is 4.40 Å². The van der Waals surface area contributed by atoms with Crippen molar-refractivity contribution in [3.63, 3.8) is 0 Å². The number of amidine groups is 1. The molecule has 0 saturated carbocycles. The molecular weight excluding hydrogens is 398 g/mol. The summed E-state index contributed by atoms with van der Waals surface area (Å²) >= 11 is 0. The van der Waals surface area contributed by atoms with E-state index in [1.807, 2.05) is 60.7 Å². The van der Waals surface area contributed by atoms with Gasteiger partial charge in [0.25, 0.3) is 15.9 Å². The Morgan fingerprint density at radius 2 is 1.57 bits per heavy atom. The Balaban J connectivity index is 1.56. The lowest BCUT2D eigenvalue weighted by Crippen LogP contribution is -2.40. The summed E-state index contributed by atoms with van der Waals surface area (Å²) in [5.41, 5.74) is 3.26. The number of hydrogen-bond acceptors (Lipinski definition) is 4. The number of carbonyl (C=O) groups is 1. The minimum Gasteiger partial charge on any atom is -0.348 e. The van der Waals surface area contributed by atoms with Gasteiger partial charge < -0.3 is 10.6 Å². The normalized spacial score (nSPS) is 14.4. The smallest absolute Gasteiger partial charge is 0.287 e. The fourth-order valence-corrected chi connectivity index (χ4v) is 4.64. The molecule has 152 valence electrons. The highest BCUT2D eigenvalue weighted by atomic mass is 32.2. The summed E-state index contributed by atoms with van der Waals surface area (Å²) < 4.78 is 28.7. The van der Waals surface area contributed by atoms with Crippen molar-refractivity contribution in [2.45, 2.75) is 17.7 Å². The van der Waals surface area contributed by atoms with Crippen LogP contribution in [0.2, 0.25) is 0 Å². The molecule has 6 nitrogen and oxygen atoms in total. The first-order chi connectivity index (χ1) is 14.4. The number of rotatable bonds is 5. The standard InChI is InChI=1S/C23H21N3O3S/c1-16-12-13-20-21(14-16)30(28,29)26-22(25-20)23(27)24-15-19(17-8-4-2-5-9-17)18-10-6-3-7-11-18/h2-14,19H,15H2,1H3,(H,24,27)(H,25,26). The van der Waals surface area contributed by atoms with Crippen LogP contribution in [0.25, 0.3) is 0 Å². The number of aryl methyl sites for hydroxylation is 1. The van der Waals surface area contributed by atoms with Crippen molar-refractivity contribution >= 4 is 27.5 Å². The first-order valence-corrected chi connectivity index (χ1v) is 11.0. The van der Waals surface area contributed by atoms with Gasteiger partial charge in [0.15, 0.2) is 0 Å². The van der Waals surface area contributed by atoms with Crippen molar-refractivity contribution in [2.24, 2.45) is 4.40 Å². The molecule has 4 rings (SSSR count). The monoisotopic (exact) mass is 419 g/mol. The van der Waals surface area contributed by atoms with Crippen LogP contribution in [0, 0.1) is 6.92 Å². The highest BCUT2D eigenvalue weighted by Crippen LogP contribution is 2.28. The van der Waals surface area contributed by atoms with E-state index in [0.717, 1.165) is 16.7 Å². The lowest BCUT2D eigenvalue weighted by molar-refractivity contribution is -0.114. The van der Waals surface area contributed by atoms with Gasteiger partial charge in [-0.2, -0.15) is 8.42 Å². The average molecular weight is 420 g/mol. The van der Waals surface area contributed by atoms with E-state index in [2.05, 4.69) is 15.0 Å². The molecule has 0 bridgehead atoms. The second-order valence-electron chi connectivity index (χ2n) is 7.12. The maximum absolute atomic E-state index is 12.8. The number of sulfonamides is 1. The molecule has 3 aromatic carbocycles. The second kappa shape index (κ2) is 8.12. The molecule has 0 atom stereocenters. The van der Waals surface area contributed by atoms with Gasteiger partial charge in [0, 0.05) is 12.5 Å². The van der Waals surface area contributed by atoms with Gasteiger partial charge in [0.2, 0.25) is 5.84 Å². The van der Waals surface area contributed by atoms with Gasteiger partial charge in [-0.3, -0.25) is 4.79 Å². The number of carbonyl (C=O) groups excluding carboxylic acids is 1. The van der Waals surface area contributed by atoms with E-state index in [1.165, 1.54) is 6.07 Å². The van der Waals surface area contributed by atoms with Gasteiger partial charge in [-0.05, 0) is 35.7 Å². The summed E-state index contributed by atoms with van der Waals surface area (Å²) in [5, 5.41) is 5.67. The van der Waals surface area contributed by atoms with Gasteiger partial charge in [-0.1, -0.05) is 66.7 Å². The summed E-state index contributed by atoms with van der Waals surface area (Å²) in [5.74, 6) is -0.875. The Labute approximate surface area is 175 Å². The van der Waals surface area contributed by atoms with Crippen LogP contribution in [0.5, 0.6) is 0 Å². The molecule has 30 heavy (non-hydrogen) atoms. The number of hydrogen-bond donors (Lipinski definition) is 2. The van der Waals surface area contributed by atoms with Gasteiger partial charge in [0.05, 0.1) is 5.69 Å². The van der Waals surface area contributed by atoms with Crippen LogP contribution in [-0.4, -0.2) is 26.7 Å². The summed E-state index contributed by atoms with van der Waals surface area (Å²) in [6, 6.07) is 24.6. The van der Waals surface area contributed by atoms with Crippen molar-refractivity contribution in [1.29, 1.82) is 0 Å². The number of nitrogens with one attached hydrogen (secondary N) is 2. The molecule has 0 fully saturated rings. The minimum atomic E-state index is -3.94. The molecule has 1 aliphatic heterocycles. The van der Waals surface area contributed by atoms with E-state index in [9.17, 15) is 13.2 Å². The van der Waals surface area contributed by atoms with Crippen LogP contribution in [0.4, 0.5) is 5.69 Å². The van der Waals surface area contributed by atoms with E-state index >= 15 is 0 Å². The third-order valence-electron chi connectivity index (χ3n) is 4.97. The van der Waals surface area contributed by atoms with Crippen molar-refractivity contribution < 1.29 is 13.2 Å². The Morgan fingerprint density at radius 1 is 0.967 bits per heavy atom. The highest BCUT2D eigenvalue weighted by Gasteiger charge is 2.28. The summed E-state index contributed by atoms with van der Waals surface area (Å²) in [7, 11) is -3.94. The molecule has 1 aliphatic rings. The van der Waals surface area contributed by atoms with Crippen LogP contribution in [0.15, 0.2) is 88.2 Å². The Morgan fingerprint density at radius 3 is 2.17 bits per heavy atom. The Hall–Kier alpha value is -3.45. The predicted molar refractivity (Wildman–Crippen MR) is 117 cm³/mol. The molecule has 1 amide bonds. The second-order valence-corrected chi connectivity index (χ2v) is 8.70. The van der Waals surface area contributed by atoms with Crippen molar-refractivity contribution in [3.8, 4) is 0 Å². The van der Waals surface area contributed by atoms with Crippen LogP contribution in [0.1, 0.15) is 22.6 Å². The zero-order valence-electron chi connectivity index (χ0n) is 16.4. The van der Waals surface area contributed by atoms with E-state index < -0.39 is 15.9 Å². The zero-order chi connectivity index (χ0) is 21.1. The van der Waals surface area contributed by atoms with Gasteiger partial charge in [0.1, 0.15) is 4.90 Å². The number of anilines is 1. The summed E-state index contributed by atoms with van der Waals surface area (Å²) in [6.07, 6.45) is 0. The molecule has 0 radical (unpaired) electrons. The zero-order valence-corrected chi connectivity index (χ0v) is 17.2. The SMILES string of the molecule is Cc1ccc2c(c1)S(=O)(=O)N=C(C(=O)NCC(c1ccccc1)c1ccccc1)N2. The van der Waals surface area contributed by atoms with E-state index in [-0.39, 0.29) is 16.6 Å². The molecule has 1 heterocycles. The maximum Gasteiger partial charge on any atom is 0.287 e. The Kier molecular flexibility index (Phi) is 5.37. The highest BCUT2D eigenvalue weighted by molar-refractivity contribution is 7.90. The van der Waals surface area contributed by atoms with Crippen LogP contribution in [-0.2, 0) is 14.8 Å². The lowest BCUT2D eigenvalue weighted by atomic mass is 9.91. The fraction of sp³-hybridized carbons (Fsp3) is 0.130. The largest absolute Gasteiger partial charge is 0.348 e. The predicted octanol–water partition coefficient (Wildman–Crippen LogP) is 3.46. The fourth-order valence-electron chi connectivity index (χ4n) is 3.44. The number of benzene rings is 3. The van der Waals surface area contributed by atoms with Crippen molar-refractivity contribution in [2.75, 3.05) is 11.9 Å². The van der Waals surface area contributed by atoms with Gasteiger partial charge >= 0.3 is 0 Å². The molecule has 0 aromatic heterocycles. The molecule has 0 aliphatic carbocycles. The molecule has 0 saturated heterocycles. The lowest BCUT2D eigenvalue weighted by Gasteiger charge is -2.21.